The van der Waals surface area contributed by atoms with Crippen LogP contribution in [0.4, 0.5) is 11.4 Å². The highest BCUT2D eigenvalue weighted by molar-refractivity contribution is 5.62. The van der Waals surface area contributed by atoms with Crippen LogP contribution in [0.3, 0.4) is 0 Å². The van der Waals surface area contributed by atoms with Crippen LogP contribution in [0.15, 0.2) is 18.2 Å². The van der Waals surface area contributed by atoms with Gasteiger partial charge < -0.3 is 25.6 Å². The highest BCUT2D eigenvalue weighted by atomic mass is 16.5. The molecule has 0 heterocycles. The van der Waals surface area contributed by atoms with E-state index in [1.807, 2.05) is 12.1 Å². The first-order valence-corrected chi connectivity index (χ1v) is 6.13. The standard InChI is InChI=1S/C13H22N2O3/c1-18-13-10-11(4-5-12(13)14)15(6-2-8-16)7-3-9-17/h4-5,10,16-17H,2-3,6-9,14H2,1H3. The smallest absolute Gasteiger partial charge is 0.143 e. The van der Waals surface area contributed by atoms with E-state index in [0.29, 0.717) is 24.3 Å². The Morgan fingerprint density at radius 2 is 1.78 bits per heavy atom. The van der Waals surface area contributed by atoms with E-state index < -0.39 is 0 Å². The van der Waals surface area contributed by atoms with Gasteiger partial charge in [-0.2, -0.15) is 0 Å². The van der Waals surface area contributed by atoms with Crippen molar-refractivity contribution in [2.24, 2.45) is 0 Å². The third-order valence-electron chi connectivity index (χ3n) is 2.75. The average molecular weight is 254 g/mol. The first kappa shape index (κ1) is 14.6. The van der Waals surface area contributed by atoms with Crippen LogP contribution in [0.5, 0.6) is 5.75 Å². The van der Waals surface area contributed by atoms with E-state index in [2.05, 4.69) is 4.90 Å². The van der Waals surface area contributed by atoms with Gasteiger partial charge in [0.25, 0.3) is 0 Å². The zero-order valence-corrected chi connectivity index (χ0v) is 10.8. The van der Waals surface area contributed by atoms with Crippen LogP contribution in [0.25, 0.3) is 0 Å². The largest absolute Gasteiger partial charge is 0.495 e. The maximum Gasteiger partial charge on any atom is 0.143 e. The van der Waals surface area contributed by atoms with Crippen molar-refractivity contribution in [2.75, 3.05) is 44.0 Å². The first-order chi connectivity index (χ1) is 8.72. The molecule has 102 valence electrons. The van der Waals surface area contributed by atoms with Crippen LogP contribution in [-0.4, -0.2) is 43.6 Å². The van der Waals surface area contributed by atoms with Gasteiger partial charge in [-0.3, -0.25) is 0 Å². The molecule has 0 saturated heterocycles. The Balaban J connectivity index is 2.82. The van der Waals surface area contributed by atoms with Crippen molar-refractivity contribution in [3.63, 3.8) is 0 Å². The predicted molar refractivity (Wildman–Crippen MR) is 73.0 cm³/mol. The molecule has 0 saturated carbocycles. The summed E-state index contributed by atoms with van der Waals surface area (Å²) in [5, 5.41) is 17.8. The van der Waals surface area contributed by atoms with E-state index in [9.17, 15) is 0 Å². The number of ether oxygens (including phenoxy) is 1. The fourth-order valence-corrected chi connectivity index (χ4v) is 1.79. The second-order valence-corrected chi connectivity index (χ2v) is 4.07. The van der Waals surface area contributed by atoms with Crippen LogP contribution in [0, 0.1) is 0 Å². The third kappa shape index (κ3) is 4.09. The lowest BCUT2D eigenvalue weighted by Gasteiger charge is -2.25. The molecule has 0 unspecified atom stereocenters. The molecule has 0 aliphatic heterocycles. The number of aliphatic hydroxyl groups excluding tert-OH is 2. The summed E-state index contributed by atoms with van der Waals surface area (Å²) in [5.74, 6) is 0.644. The van der Waals surface area contributed by atoms with Gasteiger partial charge in [0.2, 0.25) is 0 Å². The molecule has 0 radical (unpaired) electrons. The maximum atomic E-state index is 8.91. The summed E-state index contributed by atoms with van der Waals surface area (Å²) in [7, 11) is 1.58. The fraction of sp³-hybridized carbons (Fsp3) is 0.538. The maximum absolute atomic E-state index is 8.91. The third-order valence-corrected chi connectivity index (χ3v) is 2.75. The zero-order valence-electron chi connectivity index (χ0n) is 10.8. The number of anilines is 2. The second-order valence-electron chi connectivity index (χ2n) is 4.07. The molecule has 0 aromatic heterocycles. The van der Waals surface area contributed by atoms with Crippen LogP contribution in [-0.2, 0) is 0 Å². The molecule has 0 fully saturated rings. The molecule has 0 spiro atoms. The molecular weight excluding hydrogens is 232 g/mol. The number of hydrogen-bond acceptors (Lipinski definition) is 5. The van der Waals surface area contributed by atoms with Gasteiger partial charge in [-0.1, -0.05) is 0 Å². The monoisotopic (exact) mass is 254 g/mol. The average Bonchev–Trinajstić information content (AvgIpc) is 2.40. The number of benzene rings is 1. The van der Waals surface area contributed by atoms with Crippen molar-refractivity contribution in [3.8, 4) is 5.75 Å². The topological polar surface area (TPSA) is 79.0 Å². The SMILES string of the molecule is COc1cc(N(CCCO)CCCO)ccc1N. The summed E-state index contributed by atoms with van der Waals surface area (Å²) in [6.45, 7) is 1.79. The van der Waals surface area contributed by atoms with Crippen molar-refractivity contribution in [1.82, 2.24) is 0 Å². The molecular formula is C13H22N2O3. The van der Waals surface area contributed by atoms with Gasteiger partial charge in [-0.15, -0.1) is 0 Å². The van der Waals surface area contributed by atoms with Gasteiger partial charge in [0.15, 0.2) is 0 Å². The van der Waals surface area contributed by atoms with E-state index in [0.717, 1.165) is 18.8 Å². The summed E-state index contributed by atoms with van der Waals surface area (Å²) >= 11 is 0. The minimum atomic E-state index is 0.154. The lowest BCUT2D eigenvalue weighted by Crippen LogP contribution is -2.27. The quantitative estimate of drug-likeness (QED) is 0.599. The number of hydrogen-bond donors (Lipinski definition) is 3. The molecule has 0 amide bonds. The van der Waals surface area contributed by atoms with Crippen molar-refractivity contribution >= 4 is 11.4 Å². The van der Waals surface area contributed by atoms with E-state index in [1.54, 1.807) is 13.2 Å². The van der Waals surface area contributed by atoms with Crippen molar-refractivity contribution < 1.29 is 14.9 Å². The molecule has 5 heteroatoms. The van der Waals surface area contributed by atoms with Crippen LogP contribution in [0.1, 0.15) is 12.8 Å². The molecule has 0 aliphatic rings. The number of nitrogen functional groups attached to an aromatic ring is 1. The molecule has 1 aromatic carbocycles. The van der Waals surface area contributed by atoms with Gasteiger partial charge in [-0.25, -0.2) is 0 Å². The van der Waals surface area contributed by atoms with E-state index in [1.165, 1.54) is 0 Å². The van der Waals surface area contributed by atoms with Gasteiger partial charge >= 0.3 is 0 Å². The Morgan fingerprint density at radius 3 is 2.28 bits per heavy atom. The lowest BCUT2D eigenvalue weighted by molar-refractivity contribution is 0.282. The summed E-state index contributed by atoms with van der Waals surface area (Å²) in [4.78, 5) is 2.11. The summed E-state index contributed by atoms with van der Waals surface area (Å²) < 4.78 is 5.19. The predicted octanol–water partition coefficient (Wildman–Crippen LogP) is 0.849. The van der Waals surface area contributed by atoms with Crippen LogP contribution in [0.2, 0.25) is 0 Å². The van der Waals surface area contributed by atoms with E-state index >= 15 is 0 Å². The van der Waals surface area contributed by atoms with Gasteiger partial charge in [0, 0.05) is 38.1 Å². The first-order valence-electron chi connectivity index (χ1n) is 6.13. The van der Waals surface area contributed by atoms with Gasteiger partial charge in [0.05, 0.1) is 12.8 Å². The molecule has 18 heavy (non-hydrogen) atoms. The van der Waals surface area contributed by atoms with Crippen LogP contribution < -0.4 is 15.4 Å². The number of nitrogens with two attached hydrogens (primary N) is 1. The zero-order chi connectivity index (χ0) is 13.4. The highest BCUT2D eigenvalue weighted by Gasteiger charge is 2.08. The van der Waals surface area contributed by atoms with Crippen molar-refractivity contribution in [1.29, 1.82) is 0 Å². The number of aliphatic hydroxyl groups is 2. The van der Waals surface area contributed by atoms with Gasteiger partial charge in [-0.05, 0) is 25.0 Å². The van der Waals surface area contributed by atoms with Crippen molar-refractivity contribution in [2.45, 2.75) is 12.8 Å². The van der Waals surface area contributed by atoms with E-state index in [4.69, 9.17) is 20.7 Å². The normalized spacial score (nSPS) is 10.4. The second kappa shape index (κ2) is 7.79. The Bertz CT molecular complexity index is 350. The summed E-state index contributed by atoms with van der Waals surface area (Å²) in [6, 6.07) is 5.61. The number of methoxy groups -OCH3 is 1. The number of rotatable bonds is 8. The lowest BCUT2D eigenvalue weighted by atomic mass is 10.2. The Labute approximate surface area is 108 Å². The Kier molecular flexibility index (Phi) is 6.32. The van der Waals surface area contributed by atoms with Gasteiger partial charge in [0.1, 0.15) is 5.75 Å². The minimum Gasteiger partial charge on any atom is -0.495 e. The fourth-order valence-electron chi connectivity index (χ4n) is 1.79. The highest BCUT2D eigenvalue weighted by Crippen LogP contribution is 2.27. The molecule has 0 bridgehead atoms. The molecule has 1 aromatic rings. The summed E-state index contributed by atoms with van der Waals surface area (Å²) in [6.07, 6.45) is 1.39. The number of nitrogens with zero attached hydrogens (tertiary/aromatic N) is 1. The minimum absolute atomic E-state index is 0.154. The molecule has 4 N–H and O–H groups in total. The molecule has 5 nitrogen and oxygen atoms in total. The Morgan fingerprint density at radius 1 is 1.17 bits per heavy atom. The molecule has 0 atom stereocenters. The van der Waals surface area contributed by atoms with Crippen LogP contribution >= 0.6 is 0 Å². The summed E-state index contributed by atoms with van der Waals surface area (Å²) in [5.41, 5.74) is 7.37. The Hall–Kier alpha value is -1.46. The van der Waals surface area contributed by atoms with Crippen molar-refractivity contribution in [3.05, 3.63) is 18.2 Å². The molecule has 0 aliphatic carbocycles. The molecule has 1 rings (SSSR count). The van der Waals surface area contributed by atoms with E-state index in [-0.39, 0.29) is 13.2 Å².